The minimum Gasteiger partial charge on any atom is -0.423 e. The van der Waals surface area contributed by atoms with Crippen LogP contribution in [0.25, 0.3) is 11.3 Å². The molecule has 0 saturated heterocycles. The van der Waals surface area contributed by atoms with E-state index < -0.39 is 30.5 Å². The molecule has 6 aromatic rings. The highest BCUT2D eigenvalue weighted by Gasteiger charge is 2.54. The van der Waals surface area contributed by atoms with Crippen LogP contribution in [0.2, 0.25) is 5.15 Å². The van der Waals surface area contributed by atoms with Crippen LogP contribution in [0.5, 0.6) is 23.0 Å². The Morgan fingerprint density at radius 2 is 1.09 bits per heavy atom. The maximum Gasteiger partial charge on any atom is 0.586 e. The van der Waals surface area contributed by atoms with Crippen LogP contribution in [0.1, 0.15) is 47.9 Å². The Balaban J connectivity index is 0.000000154. The predicted octanol–water partition coefficient (Wildman–Crippen LogP) is 5.85. The molecule has 2 aliphatic carbocycles. The summed E-state index contributed by atoms with van der Waals surface area (Å²) in [4.78, 5) is 57.0. The van der Waals surface area contributed by atoms with Crippen molar-refractivity contribution in [3.05, 3.63) is 145 Å². The number of pyridine rings is 4. The lowest BCUT2D eigenvalue weighted by Crippen LogP contribution is -2.33. The van der Waals surface area contributed by atoms with Crippen LogP contribution in [-0.2, 0) is 34.5 Å². The number of nitrogens with zero attached hydrogens (tertiary/aromatic N) is 4. The average molecular weight is 959 g/mol. The highest BCUT2D eigenvalue weighted by molar-refractivity contribution is 6.58. The van der Waals surface area contributed by atoms with Gasteiger partial charge in [-0.25, -0.2) is 9.97 Å². The van der Waals surface area contributed by atoms with Gasteiger partial charge in [0.05, 0.1) is 16.5 Å². The largest absolute Gasteiger partial charge is 0.586 e. The lowest BCUT2D eigenvalue weighted by atomic mass is 9.82. The number of rotatable bonds is 8. The van der Waals surface area contributed by atoms with Crippen molar-refractivity contribution < 1.29 is 56.1 Å². The van der Waals surface area contributed by atoms with Gasteiger partial charge in [-0.3, -0.25) is 19.2 Å². The topological polar surface area (TPSA) is 205 Å². The normalized spacial score (nSPS) is 16.5. The maximum atomic E-state index is 13.3. The van der Waals surface area contributed by atoms with Gasteiger partial charge >= 0.3 is 19.7 Å². The summed E-state index contributed by atoms with van der Waals surface area (Å²) in [5.41, 5.74) is 2.66. The molecule has 4 N–H and O–H groups in total. The molecule has 22 heteroatoms. The second kappa shape index (κ2) is 17.8. The van der Waals surface area contributed by atoms with Crippen molar-refractivity contribution in [1.29, 1.82) is 0 Å². The summed E-state index contributed by atoms with van der Waals surface area (Å²) in [5.74, 6) is -0.0808. The van der Waals surface area contributed by atoms with Crippen LogP contribution >= 0.6 is 11.6 Å². The lowest BCUT2D eigenvalue weighted by molar-refractivity contribution is -0.287. The summed E-state index contributed by atoms with van der Waals surface area (Å²) in [6, 6.07) is 21.6. The zero-order valence-electron chi connectivity index (χ0n) is 36.5. The Hall–Kier alpha value is -7.23. The Morgan fingerprint density at radius 3 is 1.54 bits per heavy atom. The highest BCUT2D eigenvalue weighted by atomic mass is 35.5. The molecular formula is C46H40BClF4N6O10. The fourth-order valence-corrected chi connectivity index (χ4v) is 7.63. The van der Waals surface area contributed by atoms with Crippen LogP contribution in [0.3, 0.4) is 0 Å². The van der Waals surface area contributed by atoms with Crippen molar-refractivity contribution in [3.63, 3.8) is 0 Å². The number of fused-ring (bicyclic) bond motifs is 2. The summed E-state index contributed by atoms with van der Waals surface area (Å²) in [7, 11) is 1.70. The van der Waals surface area contributed by atoms with Crippen molar-refractivity contribution in [2.75, 3.05) is 10.6 Å². The van der Waals surface area contributed by atoms with Crippen LogP contribution in [0, 0.1) is 13.8 Å². The van der Waals surface area contributed by atoms with Gasteiger partial charge in [-0.05, 0) is 110 Å². The van der Waals surface area contributed by atoms with Gasteiger partial charge < -0.3 is 48.8 Å². The molecule has 0 unspecified atom stereocenters. The van der Waals surface area contributed by atoms with Crippen LogP contribution < -0.4 is 46.2 Å². The Bertz CT molecular complexity index is 3110. The highest BCUT2D eigenvalue weighted by Crippen LogP contribution is 2.53. The molecule has 0 spiro atoms. The quantitative estimate of drug-likeness (QED) is 0.0807. The molecule has 10 rings (SSSR count). The number of halogens is 5. The summed E-state index contributed by atoms with van der Waals surface area (Å²) >= 11 is 5.97. The smallest absolute Gasteiger partial charge is 0.423 e. The number of ether oxygens (including phenoxy) is 4. The number of hydrogen-bond acceptors (Lipinski definition) is 12. The number of hydrogen-bond donors (Lipinski definition) is 4. The molecule has 352 valence electrons. The second-order valence-electron chi connectivity index (χ2n) is 16.5. The number of benzene rings is 2. The molecule has 6 heterocycles. The molecule has 2 fully saturated rings. The third-order valence-electron chi connectivity index (χ3n) is 11.7. The predicted molar refractivity (Wildman–Crippen MR) is 240 cm³/mol. The van der Waals surface area contributed by atoms with Crippen molar-refractivity contribution in [2.45, 2.75) is 63.0 Å². The fourth-order valence-electron chi connectivity index (χ4n) is 7.48. The van der Waals surface area contributed by atoms with Crippen molar-refractivity contribution in [2.24, 2.45) is 14.1 Å². The number of aryl methyl sites for hydroxylation is 4. The first-order valence-electron chi connectivity index (χ1n) is 20.8. The van der Waals surface area contributed by atoms with E-state index in [0.717, 1.165) is 16.7 Å². The number of alkyl halides is 4. The third-order valence-corrected chi connectivity index (χ3v) is 12.0. The molecule has 0 radical (unpaired) electrons. The third kappa shape index (κ3) is 9.90. The van der Waals surface area contributed by atoms with E-state index in [1.165, 1.54) is 57.8 Å². The zero-order valence-corrected chi connectivity index (χ0v) is 37.2. The molecule has 4 aromatic heterocycles. The number of anilines is 2. The maximum absolute atomic E-state index is 13.3. The van der Waals surface area contributed by atoms with Gasteiger partial charge in [-0.15, -0.1) is 17.6 Å². The summed E-state index contributed by atoms with van der Waals surface area (Å²) in [5, 5.41) is 23.3. The molecule has 16 nitrogen and oxygen atoms in total. The van der Waals surface area contributed by atoms with E-state index in [1.54, 1.807) is 56.7 Å². The SMILES string of the molecule is Cc1ccc(NC(=O)C2(c3ccc4c(c3)OC(F)(F)O4)CC2)nc1-c1ccc(=O)n(C)c1.Cc1ccc(NC(=O)C2(c3ccc4c(c3)OC(F)(F)O4)CC2)nc1Cl.Cn1cc(B(O)O)ccc1=O. The van der Waals surface area contributed by atoms with Gasteiger partial charge in [0, 0.05) is 44.2 Å². The van der Waals surface area contributed by atoms with Crippen LogP contribution in [0.15, 0.2) is 107 Å². The van der Waals surface area contributed by atoms with Gasteiger partial charge in [0.1, 0.15) is 16.8 Å². The molecule has 2 amide bonds. The van der Waals surface area contributed by atoms with Gasteiger partial charge in [0.25, 0.3) is 0 Å². The minimum absolute atomic E-state index is 0.0445. The molecule has 2 saturated carbocycles. The van der Waals surface area contributed by atoms with Crippen molar-refractivity contribution in [3.8, 4) is 34.3 Å². The van der Waals surface area contributed by atoms with E-state index in [0.29, 0.717) is 64.8 Å². The molecular weight excluding hydrogens is 919 g/mol. The van der Waals surface area contributed by atoms with Crippen molar-refractivity contribution >= 4 is 47.6 Å². The summed E-state index contributed by atoms with van der Waals surface area (Å²) in [6.07, 6.45) is -1.95. The van der Waals surface area contributed by atoms with E-state index in [4.69, 9.17) is 21.6 Å². The molecule has 0 atom stereocenters. The standard InChI is InChI=1S/C23H19F2N3O4.C17H13ClF2N2O3.C6H8BNO3/c1-13-3-7-18(26-20(13)14-4-8-19(29)28(2)12-14)27-21(30)22(9-10-22)15-5-6-16-17(11-15)32-23(24,25)31-16;1-9-2-5-13(21-14(9)18)22-15(23)16(6-7-16)10-3-4-11-12(8-10)25-17(19,20)24-11;1-8-4-5(7(10)11)2-3-6(8)9/h3-8,11-12H,9-10H2,1-2H3,(H,26,27,30);2-5,8H,6-7H2,1H3,(H,21,22,23);2-4,10-11H,1H3. The van der Waals surface area contributed by atoms with E-state index in [1.807, 2.05) is 19.9 Å². The number of carbonyl (C=O) groups is 2. The van der Waals surface area contributed by atoms with E-state index in [9.17, 15) is 36.7 Å². The number of aromatic nitrogens is 4. The van der Waals surface area contributed by atoms with Gasteiger partial charge in [0.2, 0.25) is 22.9 Å². The first kappa shape index (κ1) is 47.3. The molecule has 2 aliphatic heterocycles. The first-order valence-corrected chi connectivity index (χ1v) is 21.2. The Kier molecular flexibility index (Phi) is 12.4. The Morgan fingerprint density at radius 1 is 0.632 bits per heavy atom. The average Bonchev–Trinajstić information content (AvgIpc) is 4.21. The fraction of sp³-hybridized carbons (Fsp3) is 0.261. The number of amides is 2. The molecule has 2 aromatic carbocycles. The summed E-state index contributed by atoms with van der Waals surface area (Å²) in [6.45, 7) is 3.70. The van der Waals surface area contributed by atoms with E-state index in [2.05, 4.69) is 39.5 Å². The van der Waals surface area contributed by atoms with Gasteiger partial charge in [-0.2, -0.15) is 0 Å². The number of carbonyl (C=O) groups excluding carboxylic acids is 2. The van der Waals surface area contributed by atoms with Gasteiger partial charge in [0.15, 0.2) is 23.0 Å². The van der Waals surface area contributed by atoms with Crippen LogP contribution in [0.4, 0.5) is 29.2 Å². The lowest BCUT2D eigenvalue weighted by Gasteiger charge is -2.17. The second-order valence-corrected chi connectivity index (χ2v) is 16.9. The summed E-state index contributed by atoms with van der Waals surface area (Å²) < 4.78 is 73.5. The number of nitrogens with one attached hydrogen (secondary N) is 2. The first-order chi connectivity index (χ1) is 32.1. The molecule has 0 bridgehead atoms. The van der Waals surface area contributed by atoms with E-state index in [-0.39, 0.29) is 45.9 Å². The van der Waals surface area contributed by atoms with Crippen LogP contribution in [-0.4, -0.2) is 60.7 Å². The molecule has 4 aliphatic rings. The minimum atomic E-state index is -3.71. The van der Waals surface area contributed by atoms with Crippen molar-refractivity contribution in [1.82, 2.24) is 19.1 Å². The van der Waals surface area contributed by atoms with E-state index >= 15 is 0 Å². The Labute approximate surface area is 389 Å². The molecule has 68 heavy (non-hydrogen) atoms. The monoisotopic (exact) mass is 958 g/mol. The zero-order chi connectivity index (χ0) is 48.9. The van der Waals surface area contributed by atoms with Gasteiger partial charge in [-0.1, -0.05) is 41.9 Å².